The molecule has 4 aromatic rings. The number of epoxide rings is 3. The van der Waals surface area contributed by atoms with Crippen molar-refractivity contribution < 1.29 is 37.9 Å². The zero-order valence-electron chi connectivity index (χ0n) is 26.9. The van der Waals surface area contributed by atoms with Crippen LogP contribution in [-0.4, -0.2) is 77.8 Å². The van der Waals surface area contributed by atoms with Crippen LogP contribution in [0.15, 0.2) is 97.1 Å². The van der Waals surface area contributed by atoms with Crippen LogP contribution in [-0.2, 0) is 18.9 Å². The molecule has 3 aliphatic rings. The van der Waals surface area contributed by atoms with Crippen molar-refractivity contribution in [1.29, 1.82) is 0 Å². The molecule has 0 spiro atoms. The molecule has 5 unspecified atom stereocenters. The van der Waals surface area contributed by atoms with Crippen LogP contribution in [0.5, 0.6) is 23.0 Å². The third-order valence-electron chi connectivity index (χ3n) is 8.69. The second kappa shape index (κ2) is 14.8. The fourth-order valence-corrected chi connectivity index (χ4v) is 5.58. The first-order valence-corrected chi connectivity index (χ1v) is 16.4. The number of hydrogen-bond donors (Lipinski definition) is 0. The highest BCUT2D eigenvalue weighted by Crippen LogP contribution is 2.44. The molecule has 8 heteroatoms. The second-order valence-electron chi connectivity index (χ2n) is 12.4. The van der Waals surface area contributed by atoms with Crippen LogP contribution >= 0.6 is 0 Å². The van der Waals surface area contributed by atoms with Crippen LogP contribution in [0.2, 0.25) is 0 Å². The number of hydrogen-bond acceptors (Lipinski definition) is 8. The Morgan fingerprint density at radius 1 is 0.489 bits per heavy atom. The largest absolute Gasteiger partial charge is 0.491 e. The van der Waals surface area contributed by atoms with E-state index in [0.29, 0.717) is 26.4 Å². The standard InChI is InChI=1S/C39H42O8/c1-26(40-2)19-41-31-11-3-27(4-12-31)38(28-5-13-32(14-6-28)42-20-35-23-45-35)39(29-7-15-33(16-8-29)43-21-36-24-46-36)30-9-17-34(18-10-30)44-22-37-25-47-37/h3-18,26,35-39H,19-25H2,1-2H3. The van der Waals surface area contributed by atoms with Crippen molar-refractivity contribution in [2.45, 2.75) is 43.2 Å². The van der Waals surface area contributed by atoms with E-state index in [-0.39, 0.29) is 36.3 Å². The highest BCUT2D eigenvalue weighted by molar-refractivity contribution is 5.48. The molecule has 3 heterocycles. The maximum Gasteiger partial charge on any atom is 0.119 e. The van der Waals surface area contributed by atoms with Crippen LogP contribution in [0, 0.1) is 0 Å². The minimum absolute atomic E-state index is 0.00604. The molecule has 0 aliphatic carbocycles. The average Bonchev–Trinajstić information content (AvgIpc) is 3.97. The lowest BCUT2D eigenvalue weighted by molar-refractivity contribution is 0.0716. The molecule has 7 rings (SSSR count). The van der Waals surface area contributed by atoms with Crippen molar-refractivity contribution in [3.05, 3.63) is 119 Å². The minimum atomic E-state index is -0.0268. The molecule has 8 nitrogen and oxygen atoms in total. The lowest BCUT2D eigenvalue weighted by Gasteiger charge is -2.30. The molecule has 5 atom stereocenters. The van der Waals surface area contributed by atoms with E-state index >= 15 is 0 Å². The van der Waals surface area contributed by atoms with Gasteiger partial charge in [-0.3, -0.25) is 0 Å². The number of benzene rings is 4. The van der Waals surface area contributed by atoms with Gasteiger partial charge in [0, 0.05) is 18.9 Å². The molecule has 0 N–H and O–H groups in total. The van der Waals surface area contributed by atoms with Gasteiger partial charge in [-0.2, -0.15) is 0 Å². The molecule has 3 saturated heterocycles. The summed E-state index contributed by atoms with van der Waals surface area (Å²) in [7, 11) is 1.69. The lowest BCUT2D eigenvalue weighted by atomic mass is 9.73. The number of rotatable bonds is 18. The zero-order chi connectivity index (χ0) is 32.0. The normalized spacial score (nSPS) is 21.3. The fraction of sp³-hybridized carbons (Fsp3) is 0.385. The van der Waals surface area contributed by atoms with Crippen LogP contribution in [0.4, 0.5) is 0 Å². The Labute approximate surface area is 276 Å². The lowest BCUT2D eigenvalue weighted by Crippen LogP contribution is -2.16. The van der Waals surface area contributed by atoms with E-state index in [4.69, 9.17) is 37.9 Å². The summed E-state index contributed by atoms with van der Waals surface area (Å²) in [5.41, 5.74) is 4.68. The van der Waals surface area contributed by atoms with Gasteiger partial charge in [0.15, 0.2) is 0 Å². The van der Waals surface area contributed by atoms with Crippen molar-refractivity contribution in [2.24, 2.45) is 0 Å². The summed E-state index contributed by atoms with van der Waals surface area (Å²) in [6.45, 7) is 6.48. The van der Waals surface area contributed by atoms with Gasteiger partial charge < -0.3 is 37.9 Å². The number of ether oxygens (including phenoxy) is 8. The second-order valence-corrected chi connectivity index (χ2v) is 12.4. The van der Waals surface area contributed by atoms with Gasteiger partial charge in [0.2, 0.25) is 0 Å². The Bertz CT molecular complexity index is 1480. The predicted molar refractivity (Wildman–Crippen MR) is 177 cm³/mol. The van der Waals surface area contributed by atoms with E-state index in [9.17, 15) is 0 Å². The highest BCUT2D eigenvalue weighted by Gasteiger charge is 2.30. The maximum atomic E-state index is 6.01. The summed E-state index contributed by atoms with van der Waals surface area (Å²) in [5, 5.41) is 0. The van der Waals surface area contributed by atoms with Gasteiger partial charge in [0.25, 0.3) is 0 Å². The summed E-state index contributed by atoms with van der Waals surface area (Å²) in [4.78, 5) is 0. The Morgan fingerprint density at radius 2 is 0.766 bits per heavy atom. The van der Waals surface area contributed by atoms with Gasteiger partial charge >= 0.3 is 0 Å². The molecular formula is C39H42O8. The first kappa shape index (κ1) is 31.5. The van der Waals surface area contributed by atoms with E-state index in [1.807, 2.05) is 19.1 Å². The van der Waals surface area contributed by atoms with Crippen molar-refractivity contribution in [1.82, 2.24) is 0 Å². The van der Waals surface area contributed by atoms with Gasteiger partial charge in [0.1, 0.15) is 67.7 Å². The van der Waals surface area contributed by atoms with Crippen LogP contribution in [0.1, 0.15) is 41.0 Å². The van der Waals surface area contributed by atoms with Gasteiger partial charge in [-0.05, 0) is 77.7 Å². The molecule has 3 fully saturated rings. The van der Waals surface area contributed by atoms with E-state index in [1.54, 1.807) is 7.11 Å². The third kappa shape index (κ3) is 8.84. The van der Waals surface area contributed by atoms with E-state index in [2.05, 4.69) is 84.9 Å². The Hall–Kier alpha value is -4.08. The molecule has 0 amide bonds. The topological polar surface area (TPSA) is 83.7 Å². The molecule has 3 aliphatic heterocycles. The molecule has 47 heavy (non-hydrogen) atoms. The van der Waals surface area contributed by atoms with E-state index in [1.165, 1.54) is 22.3 Å². The van der Waals surface area contributed by atoms with Crippen LogP contribution < -0.4 is 18.9 Å². The van der Waals surface area contributed by atoms with Crippen molar-refractivity contribution in [2.75, 3.05) is 53.4 Å². The van der Waals surface area contributed by atoms with Crippen molar-refractivity contribution in [3.8, 4) is 23.0 Å². The minimum Gasteiger partial charge on any atom is -0.491 e. The molecule has 246 valence electrons. The average molecular weight is 639 g/mol. The zero-order valence-corrected chi connectivity index (χ0v) is 26.9. The smallest absolute Gasteiger partial charge is 0.119 e. The maximum absolute atomic E-state index is 6.01. The number of methoxy groups -OCH3 is 1. The van der Waals surface area contributed by atoms with Gasteiger partial charge in [-0.1, -0.05) is 48.5 Å². The molecule has 0 bridgehead atoms. The Morgan fingerprint density at radius 3 is 1.02 bits per heavy atom. The molecule has 0 radical (unpaired) electrons. The fourth-order valence-electron chi connectivity index (χ4n) is 5.58. The molecule has 4 aromatic carbocycles. The van der Waals surface area contributed by atoms with Gasteiger partial charge in [-0.15, -0.1) is 0 Å². The summed E-state index contributed by atoms with van der Waals surface area (Å²) < 4.78 is 45.3. The van der Waals surface area contributed by atoms with Crippen molar-refractivity contribution in [3.63, 3.8) is 0 Å². The SMILES string of the molecule is COC(C)COc1ccc(C(c2ccc(OCC3CO3)cc2)C(c2ccc(OCC3CO3)cc2)c2ccc(OCC3CO3)cc2)cc1. The summed E-state index contributed by atoms with van der Waals surface area (Å²) in [5.74, 6) is 3.25. The summed E-state index contributed by atoms with van der Waals surface area (Å²) in [6.07, 6.45) is 0.610. The first-order valence-electron chi connectivity index (χ1n) is 16.4. The van der Waals surface area contributed by atoms with E-state index < -0.39 is 0 Å². The highest BCUT2D eigenvalue weighted by atomic mass is 16.6. The molecule has 0 saturated carbocycles. The third-order valence-corrected chi connectivity index (χ3v) is 8.69. The summed E-state index contributed by atoms with van der Waals surface area (Å²) >= 11 is 0. The Balaban J connectivity index is 1.22. The molecule has 0 aromatic heterocycles. The van der Waals surface area contributed by atoms with Crippen LogP contribution in [0.25, 0.3) is 0 Å². The quantitative estimate of drug-likeness (QED) is 0.116. The van der Waals surface area contributed by atoms with Gasteiger partial charge in [-0.25, -0.2) is 0 Å². The van der Waals surface area contributed by atoms with Crippen LogP contribution in [0.3, 0.4) is 0 Å². The monoisotopic (exact) mass is 638 g/mol. The first-order chi connectivity index (χ1) is 23.1. The predicted octanol–water partition coefficient (Wildman–Crippen LogP) is 6.40. The van der Waals surface area contributed by atoms with Crippen molar-refractivity contribution >= 4 is 0 Å². The molecular weight excluding hydrogens is 596 g/mol. The summed E-state index contributed by atoms with van der Waals surface area (Å²) in [6, 6.07) is 33.8. The van der Waals surface area contributed by atoms with E-state index in [0.717, 1.165) is 42.8 Å². The Kier molecular flexibility index (Phi) is 9.91. The van der Waals surface area contributed by atoms with Gasteiger partial charge in [0.05, 0.1) is 25.9 Å².